The van der Waals surface area contributed by atoms with E-state index in [1.807, 2.05) is 6.92 Å². The standard InChI is InChI=1S/C12H19Cl2NO/c1-8-4-3-5-9(6-8)15-10(16)11(2)7-12(11,13)14/h8-9H,3-7H2,1-2H3,(H,15,16). The fourth-order valence-electron chi connectivity index (χ4n) is 2.56. The van der Waals surface area contributed by atoms with Gasteiger partial charge in [-0.1, -0.05) is 19.8 Å². The van der Waals surface area contributed by atoms with Crippen molar-refractivity contribution in [2.45, 2.75) is 56.3 Å². The van der Waals surface area contributed by atoms with Gasteiger partial charge in [0, 0.05) is 6.04 Å². The first-order valence-electron chi connectivity index (χ1n) is 6.04. The lowest BCUT2D eigenvalue weighted by atomic mass is 9.87. The van der Waals surface area contributed by atoms with Gasteiger partial charge in [-0.05, 0) is 32.1 Å². The maximum absolute atomic E-state index is 12.0. The zero-order valence-corrected chi connectivity index (χ0v) is 11.4. The lowest BCUT2D eigenvalue weighted by Crippen LogP contribution is -2.42. The Kier molecular flexibility index (Phi) is 3.17. The molecule has 92 valence electrons. The van der Waals surface area contributed by atoms with Gasteiger partial charge in [-0.3, -0.25) is 4.79 Å². The van der Waals surface area contributed by atoms with Crippen LogP contribution in [0.2, 0.25) is 0 Å². The predicted octanol–water partition coefficient (Wildman–Crippen LogP) is 3.27. The van der Waals surface area contributed by atoms with E-state index in [9.17, 15) is 4.79 Å². The van der Waals surface area contributed by atoms with Crippen LogP contribution in [0.3, 0.4) is 0 Å². The smallest absolute Gasteiger partial charge is 0.229 e. The van der Waals surface area contributed by atoms with Gasteiger partial charge >= 0.3 is 0 Å². The van der Waals surface area contributed by atoms with E-state index in [0.29, 0.717) is 18.4 Å². The van der Waals surface area contributed by atoms with Crippen molar-refractivity contribution < 1.29 is 4.79 Å². The Bertz CT molecular complexity index is 305. The Morgan fingerprint density at radius 3 is 2.50 bits per heavy atom. The van der Waals surface area contributed by atoms with Crippen LogP contribution >= 0.6 is 23.2 Å². The first-order chi connectivity index (χ1) is 7.35. The first-order valence-corrected chi connectivity index (χ1v) is 6.79. The van der Waals surface area contributed by atoms with E-state index >= 15 is 0 Å². The highest BCUT2D eigenvalue weighted by Crippen LogP contribution is 2.63. The molecular weight excluding hydrogens is 245 g/mol. The van der Waals surface area contributed by atoms with Gasteiger partial charge < -0.3 is 5.32 Å². The van der Waals surface area contributed by atoms with Crippen LogP contribution in [0.4, 0.5) is 0 Å². The van der Waals surface area contributed by atoms with Crippen LogP contribution in [0, 0.1) is 11.3 Å². The minimum Gasteiger partial charge on any atom is -0.353 e. The van der Waals surface area contributed by atoms with Crippen LogP contribution in [-0.4, -0.2) is 16.3 Å². The molecule has 1 amide bonds. The minimum absolute atomic E-state index is 0.0246. The van der Waals surface area contributed by atoms with E-state index in [2.05, 4.69) is 12.2 Å². The highest BCUT2D eigenvalue weighted by atomic mass is 35.5. The molecule has 3 atom stereocenters. The predicted molar refractivity (Wildman–Crippen MR) is 66.7 cm³/mol. The molecule has 0 bridgehead atoms. The number of hydrogen-bond donors (Lipinski definition) is 1. The second-order valence-electron chi connectivity index (χ2n) is 5.66. The second-order valence-corrected chi connectivity index (χ2v) is 7.14. The minimum atomic E-state index is -0.850. The van der Waals surface area contributed by atoms with Gasteiger partial charge in [-0.15, -0.1) is 23.2 Å². The maximum Gasteiger partial charge on any atom is 0.229 e. The topological polar surface area (TPSA) is 29.1 Å². The van der Waals surface area contributed by atoms with E-state index < -0.39 is 9.75 Å². The molecule has 2 aliphatic carbocycles. The molecule has 0 aromatic rings. The third-order valence-electron chi connectivity index (χ3n) is 4.03. The first kappa shape index (κ1) is 12.5. The van der Waals surface area contributed by atoms with Gasteiger partial charge in [-0.25, -0.2) is 0 Å². The summed E-state index contributed by atoms with van der Waals surface area (Å²) in [7, 11) is 0. The fourth-order valence-corrected chi connectivity index (χ4v) is 3.26. The summed E-state index contributed by atoms with van der Waals surface area (Å²) in [4.78, 5) is 12.0. The number of amides is 1. The normalized spacial score (nSPS) is 41.5. The van der Waals surface area contributed by atoms with Crippen molar-refractivity contribution >= 4 is 29.1 Å². The lowest BCUT2D eigenvalue weighted by Gasteiger charge is -2.28. The highest BCUT2D eigenvalue weighted by Gasteiger charge is 2.68. The molecule has 2 saturated carbocycles. The monoisotopic (exact) mass is 263 g/mol. The number of rotatable bonds is 2. The van der Waals surface area contributed by atoms with Crippen LogP contribution in [0.25, 0.3) is 0 Å². The van der Waals surface area contributed by atoms with Gasteiger partial charge in [0.2, 0.25) is 5.91 Å². The van der Waals surface area contributed by atoms with Gasteiger partial charge in [0.1, 0.15) is 4.33 Å². The van der Waals surface area contributed by atoms with Crippen LogP contribution in [0.15, 0.2) is 0 Å². The quantitative estimate of drug-likeness (QED) is 0.762. The molecule has 2 nitrogen and oxygen atoms in total. The Hall–Kier alpha value is 0.0500. The molecule has 2 aliphatic rings. The van der Waals surface area contributed by atoms with Crippen LogP contribution in [0.1, 0.15) is 46.0 Å². The number of nitrogens with one attached hydrogen (secondary N) is 1. The summed E-state index contributed by atoms with van der Waals surface area (Å²) in [5.41, 5.74) is -0.573. The van der Waals surface area contributed by atoms with Gasteiger partial charge in [0.25, 0.3) is 0 Å². The molecule has 0 spiro atoms. The molecule has 3 unspecified atom stereocenters. The van der Waals surface area contributed by atoms with E-state index in [4.69, 9.17) is 23.2 Å². The average Bonchev–Trinajstić information content (AvgIpc) is 2.67. The molecule has 2 fully saturated rings. The maximum atomic E-state index is 12.0. The van der Waals surface area contributed by atoms with E-state index in [-0.39, 0.29) is 5.91 Å². The highest BCUT2D eigenvalue weighted by molar-refractivity contribution is 6.53. The molecule has 1 N–H and O–H groups in total. The molecule has 0 aromatic carbocycles. The zero-order valence-electron chi connectivity index (χ0n) is 9.85. The van der Waals surface area contributed by atoms with Crippen molar-refractivity contribution in [2.24, 2.45) is 11.3 Å². The Morgan fingerprint density at radius 1 is 1.38 bits per heavy atom. The van der Waals surface area contributed by atoms with Crippen LogP contribution in [0.5, 0.6) is 0 Å². The van der Waals surface area contributed by atoms with E-state index in [0.717, 1.165) is 12.8 Å². The molecule has 4 heteroatoms. The third kappa shape index (κ3) is 2.19. The summed E-state index contributed by atoms with van der Waals surface area (Å²) in [5, 5.41) is 3.10. The van der Waals surface area contributed by atoms with Crippen LogP contribution < -0.4 is 5.32 Å². The number of halogens is 2. The number of carbonyl (C=O) groups is 1. The van der Waals surface area contributed by atoms with Gasteiger partial charge in [0.15, 0.2) is 0 Å². The van der Waals surface area contributed by atoms with Crippen LogP contribution in [-0.2, 0) is 4.79 Å². The molecule has 0 aromatic heterocycles. The number of carbonyl (C=O) groups excluding carboxylic acids is 1. The Labute approximate surface area is 107 Å². The molecule has 0 radical (unpaired) electrons. The second kappa shape index (κ2) is 4.06. The summed E-state index contributed by atoms with van der Waals surface area (Å²) in [6.45, 7) is 4.08. The van der Waals surface area contributed by atoms with E-state index in [1.54, 1.807) is 0 Å². The lowest BCUT2D eigenvalue weighted by molar-refractivity contribution is -0.126. The molecule has 0 saturated heterocycles. The largest absolute Gasteiger partial charge is 0.353 e. The van der Waals surface area contributed by atoms with Crippen molar-refractivity contribution in [2.75, 3.05) is 0 Å². The van der Waals surface area contributed by atoms with Gasteiger partial charge in [-0.2, -0.15) is 0 Å². The molecule has 0 heterocycles. The number of hydrogen-bond acceptors (Lipinski definition) is 1. The van der Waals surface area contributed by atoms with Crippen molar-refractivity contribution in [3.63, 3.8) is 0 Å². The summed E-state index contributed by atoms with van der Waals surface area (Å²) >= 11 is 12.0. The fraction of sp³-hybridized carbons (Fsp3) is 0.917. The molecule has 0 aliphatic heterocycles. The van der Waals surface area contributed by atoms with E-state index in [1.165, 1.54) is 12.8 Å². The van der Waals surface area contributed by atoms with Crippen molar-refractivity contribution in [3.8, 4) is 0 Å². The molecule has 2 rings (SSSR count). The Balaban J connectivity index is 1.88. The zero-order chi connectivity index (χ0) is 12.0. The van der Waals surface area contributed by atoms with Crippen molar-refractivity contribution in [1.82, 2.24) is 5.32 Å². The average molecular weight is 264 g/mol. The molecular formula is C12H19Cl2NO. The number of alkyl halides is 2. The Morgan fingerprint density at radius 2 is 2.00 bits per heavy atom. The van der Waals surface area contributed by atoms with Crippen molar-refractivity contribution in [3.05, 3.63) is 0 Å². The summed E-state index contributed by atoms with van der Waals surface area (Å²) < 4.78 is -0.850. The molecule has 16 heavy (non-hydrogen) atoms. The SMILES string of the molecule is CC1CCCC(NC(=O)C2(C)CC2(Cl)Cl)C1. The summed E-state index contributed by atoms with van der Waals surface area (Å²) in [6, 6.07) is 0.317. The van der Waals surface area contributed by atoms with Crippen molar-refractivity contribution in [1.29, 1.82) is 0 Å². The third-order valence-corrected chi connectivity index (χ3v) is 5.13. The van der Waals surface area contributed by atoms with Gasteiger partial charge in [0.05, 0.1) is 5.41 Å². The summed E-state index contributed by atoms with van der Waals surface area (Å²) in [6.07, 6.45) is 5.22. The summed E-state index contributed by atoms with van der Waals surface area (Å²) in [5.74, 6) is 0.736.